The molecule has 0 bridgehead atoms. The zero-order valence-corrected chi connectivity index (χ0v) is 29.8. The third kappa shape index (κ3) is 4.86. The molecule has 3 aromatic heterocycles. The second kappa shape index (κ2) is 12.3. The van der Waals surface area contributed by atoms with Gasteiger partial charge in [-0.25, -0.2) is 15.0 Å². The first kappa shape index (κ1) is 30.7. The van der Waals surface area contributed by atoms with Crippen molar-refractivity contribution in [1.82, 2.24) is 19.5 Å². The lowest BCUT2D eigenvalue weighted by Crippen LogP contribution is -2.00. The monoisotopic (exact) mass is 706 g/mol. The van der Waals surface area contributed by atoms with Gasteiger partial charge in [-0.05, 0) is 52.2 Å². The van der Waals surface area contributed by atoms with Crippen molar-refractivity contribution in [3.05, 3.63) is 182 Å². The summed E-state index contributed by atoms with van der Waals surface area (Å²) in [5, 5.41) is 7.41. The molecule has 11 rings (SSSR count). The van der Waals surface area contributed by atoms with Gasteiger partial charge in [0.1, 0.15) is 0 Å². The normalized spacial score (nSPS) is 11.7. The number of nitrogens with zero attached hydrogens (tertiary/aromatic N) is 4. The van der Waals surface area contributed by atoms with Crippen molar-refractivity contribution in [2.24, 2.45) is 0 Å². The number of aromatic nitrogens is 4. The molecular formula is C49H30N4S. The largest absolute Gasteiger partial charge is 0.308 e. The molecule has 0 saturated heterocycles. The van der Waals surface area contributed by atoms with Gasteiger partial charge < -0.3 is 4.57 Å². The molecule has 0 spiro atoms. The molecule has 0 radical (unpaired) electrons. The van der Waals surface area contributed by atoms with Gasteiger partial charge in [0.25, 0.3) is 0 Å². The van der Waals surface area contributed by atoms with Crippen molar-refractivity contribution >= 4 is 64.1 Å². The van der Waals surface area contributed by atoms with Crippen LogP contribution in [0.15, 0.2) is 182 Å². The highest BCUT2D eigenvalue weighted by atomic mass is 32.1. The summed E-state index contributed by atoms with van der Waals surface area (Å²) in [6.45, 7) is 0. The zero-order valence-electron chi connectivity index (χ0n) is 29.0. The van der Waals surface area contributed by atoms with E-state index in [9.17, 15) is 0 Å². The third-order valence-corrected chi connectivity index (χ3v) is 11.7. The van der Waals surface area contributed by atoms with E-state index in [1.165, 1.54) is 59.2 Å². The summed E-state index contributed by atoms with van der Waals surface area (Å²) in [6, 6.07) is 64.4. The van der Waals surface area contributed by atoms with Crippen molar-refractivity contribution in [2.45, 2.75) is 0 Å². The van der Waals surface area contributed by atoms with Gasteiger partial charge in [-0.3, -0.25) is 0 Å². The fourth-order valence-electron chi connectivity index (χ4n) is 7.95. The molecule has 11 aromatic rings. The second-order valence-electron chi connectivity index (χ2n) is 13.6. The fraction of sp³-hybridized carbons (Fsp3) is 0. The van der Waals surface area contributed by atoms with Crippen LogP contribution in [0.5, 0.6) is 0 Å². The summed E-state index contributed by atoms with van der Waals surface area (Å²) in [7, 11) is 0. The van der Waals surface area contributed by atoms with E-state index in [4.69, 9.17) is 15.0 Å². The minimum Gasteiger partial charge on any atom is -0.308 e. The first-order chi connectivity index (χ1) is 26.8. The van der Waals surface area contributed by atoms with Gasteiger partial charge in [0.2, 0.25) is 0 Å². The molecule has 0 unspecified atom stereocenters. The maximum atomic E-state index is 5.12. The van der Waals surface area contributed by atoms with Crippen LogP contribution in [-0.4, -0.2) is 19.5 Å². The average molecular weight is 707 g/mol. The molecule has 54 heavy (non-hydrogen) atoms. The summed E-state index contributed by atoms with van der Waals surface area (Å²) >= 11 is 1.81. The first-order valence-electron chi connectivity index (χ1n) is 18.1. The molecule has 0 aliphatic carbocycles. The molecule has 0 aliphatic rings. The molecule has 5 heteroatoms. The van der Waals surface area contributed by atoms with Gasteiger partial charge >= 0.3 is 0 Å². The van der Waals surface area contributed by atoms with Crippen LogP contribution >= 0.6 is 11.3 Å². The molecule has 0 N–H and O–H groups in total. The molecule has 4 nitrogen and oxygen atoms in total. The highest BCUT2D eigenvalue weighted by Crippen LogP contribution is 2.45. The van der Waals surface area contributed by atoms with Crippen molar-refractivity contribution in [2.75, 3.05) is 0 Å². The SMILES string of the molecule is c1ccc(-c2ccc3c(c2)c2c4ccccc4ccc2n3-c2cccc3c2sc2c(-c4nc(-c5ccccc5)nc(-c5ccccc5)n4)cccc23)cc1. The average Bonchev–Trinajstić information content (AvgIpc) is 3.80. The van der Waals surface area contributed by atoms with Crippen LogP contribution in [0.3, 0.4) is 0 Å². The lowest BCUT2D eigenvalue weighted by molar-refractivity contribution is 1.08. The van der Waals surface area contributed by atoms with Crippen molar-refractivity contribution in [3.8, 4) is 51.0 Å². The van der Waals surface area contributed by atoms with Gasteiger partial charge in [0.05, 0.1) is 21.4 Å². The van der Waals surface area contributed by atoms with Crippen LogP contribution in [0.4, 0.5) is 0 Å². The Balaban J connectivity index is 1.17. The topological polar surface area (TPSA) is 43.6 Å². The van der Waals surface area contributed by atoms with E-state index >= 15 is 0 Å². The van der Waals surface area contributed by atoms with E-state index < -0.39 is 0 Å². The van der Waals surface area contributed by atoms with Crippen molar-refractivity contribution in [1.29, 1.82) is 0 Å². The van der Waals surface area contributed by atoms with Crippen LogP contribution in [0.25, 0.3) is 104 Å². The lowest BCUT2D eigenvalue weighted by atomic mass is 10.0. The Hall–Kier alpha value is -6.95. The number of hydrogen-bond donors (Lipinski definition) is 0. The highest BCUT2D eigenvalue weighted by molar-refractivity contribution is 7.26. The van der Waals surface area contributed by atoms with Crippen LogP contribution in [-0.2, 0) is 0 Å². The molecule has 0 aliphatic heterocycles. The maximum absolute atomic E-state index is 5.12. The summed E-state index contributed by atoms with van der Waals surface area (Å²) in [4.78, 5) is 15.2. The number of fused-ring (bicyclic) bond motifs is 8. The van der Waals surface area contributed by atoms with E-state index in [1.54, 1.807) is 0 Å². The molecule has 252 valence electrons. The molecule has 0 amide bonds. The number of thiophene rings is 1. The van der Waals surface area contributed by atoms with Gasteiger partial charge in [0, 0.05) is 42.9 Å². The minimum absolute atomic E-state index is 0.658. The van der Waals surface area contributed by atoms with Crippen LogP contribution in [0.1, 0.15) is 0 Å². The second-order valence-corrected chi connectivity index (χ2v) is 14.6. The van der Waals surface area contributed by atoms with E-state index in [-0.39, 0.29) is 0 Å². The van der Waals surface area contributed by atoms with Crippen LogP contribution in [0.2, 0.25) is 0 Å². The Labute approximate surface area is 315 Å². The number of hydrogen-bond acceptors (Lipinski definition) is 4. The van der Waals surface area contributed by atoms with Crippen LogP contribution in [0, 0.1) is 0 Å². The van der Waals surface area contributed by atoms with Crippen molar-refractivity contribution < 1.29 is 0 Å². The Kier molecular flexibility index (Phi) is 7.00. The number of rotatable bonds is 5. The summed E-state index contributed by atoms with van der Waals surface area (Å²) in [5.41, 5.74) is 8.87. The van der Waals surface area contributed by atoms with E-state index in [1.807, 2.05) is 47.7 Å². The number of benzene rings is 8. The highest BCUT2D eigenvalue weighted by Gasteiger charge is 2.21. The van der Waals surface area contributed by atoms with E-state index in [0.717, 1.165) is 27.1 Å². The van der Waals surface area contributed by atoms with Gasteiger partial charge in [-0.15, -0.1) is 11.3 Å². The quantitative estimate of drug-likeness (QED) is 0.179. The molecule has 0 fully saturated rings. The molecule has 3 heterocycles. The van der Waals surface area contributed by atoms with E-state index in [0.29, 0.717) is 17.5 Å². The maximum Gasteiger partial charge on any atom is 0.165 e. The van der Waals surface area contributed by atoms with Crippen molar-refractivity contribution in [3.63, 3.8) is 0 Å². The Morgan fingerprint density at radius 1 is 0.370 bits per heavy atom. The Morgan fingerprint density at radius 2 is 0.944 bits per heavy atom. The fourth-order valence-corrected chi connectivity index (χ4v) is 9.26. The molecule has 0 saturated carbocycles. The van der Waals surface area contributed by atoms with E-state index in [2.05, 4.69) is 150 Å². The van der Waals surface area contributed by atoms with Gasteiger partial charge in [-0.2, -0.15) is 0 Å². The minimum atomic E-state index is 0.658. The standard InChI is InChI=1S/C49H30N4S/c1-4-14-31(15-5-1)35-27-28-41-40(30-35)44-36-21-11-10-16-32(36)26-29-42(44)53(41)43-25-13-23-38-37-22-12-24-39(45(37)54-46(38)43)49-51-47(33-17-6-2-7-18-33)50-48(52-49)34-19-8-3-9-20-34/h1-30H. The van der Waals surface area contributed by atoms with Crippen LogP contribution < -0.4 is 0 Å². The Bertz CT molecular complexity index is 3140. The molecule has 0 atom stereocenters. The lowest BCUT2D eigenvalue weighted by Gasteiger charge is -2.10. The predicted octanol–water partition coefficient (Wildman–Crippen LogP) is 13.2. The first-order valence-corrected chi connectivity index (χ1v) is 18.9. The molecular weight excluding hydrogens is 677 g/mol. The molecule has 8 aromatic carbocycles. The summed E-state index contributed by atoms with van der Waals surface area (Å²) in [6.07, 6.45) is 0. The smallest absolute Gasteiger partial charge is 0.165 e. The summed E-state index contributed by atoms with van der Waals surface area (Å²) < 4.78 is 4.84. The predicted molar refractivity (Wildman–Crippen MR) is 226 cm³/mol. The Morgan fingerprint density at radius 3 is 1.67 bits per heavy atom. The van der Waals surface area contributed by atoms with Gasteiger partial charge in [-0.1, -0.05) is 152 Å². The zero-order chi connectivity index (χ0) is 35.6. The third-order valence-electron chi connectivity index (χ3n) is 10.4. The van der Waals surface area contributed by atoms with Gasteiger partial charge in [0.15, 0.2) is 17.5 Å². The summed E-state index contributed by atoms with van der Waals surface area (Å²) in [5.74, 6) is 1.98.